The van der Waals surface area contributed by atoms with Crippen molar-refractivity contribution in [3.63, 3.8) is 0 Å². The van der Waals surface area contributed by atoms with E-state index in [1.54, 1.807) is 0 Å². The van der Waals surface area contributed by atoms with Crippen LogP contribution in [0.1, 0.15) is 38.5 Å². The third kappa shape index (κ3) is 2.41. The molecule has 1 spiro atoms. The second-order valence-corrected chi connectivity index (χ2v) is 6.47. The third-order valence-corrected chi connectivity index (χ3v) is 5.08. The van der Waals surface area contributed by atoms with Crippen LogP contribution in [0, 0.1) is 5.41 Å². The molecule has 13 heavy (non-hydrogen) atoms. The fourth-order valence-electron chi connectivity index (χ4n) is 2.69. The van der Waals surface area contributed by atoms with Crippen LogP contribution in [-0.4, -0.2) is 29.8 Å². The quantitative estimate of drug-likeness (QED) is 0.376. The van der Waals surface area contributed by atoms with Crippen LogP contribution in [0.5, 0.6) is 0 Å². The fourth-order valence-corrected chi connectivity index (χ4v) is 3.32. The molecule has 0 unspecified atom stereocenters. The number of hydrogen-bond donors (Lipinski definition) is 0. The Morgan fingerprint density at radius 2 is 1.62 bits per heavy atom. The third-order valence-electron chi connectivity index (χ3n) is 3.83. The van der Waals surface area contributed by atoms with Crippen molar-refractivity contribution in [3.8, 4) is 0 Å². The number of rotatable bonds is 0. The normalized spacial score (nSPS) is 30.8. The van der Waals surface area contributed by atoms with Crippen LogP contribution < -0.4 is 0 Å². The minimum Gasteiger partial charge on any atom is -0.353 e. The molecular weight excluding hydrogens is 272 g/mol. The summed E-state index contributed by atoms with van der Waals surface area (Å²) in [5.74, 6) is 0. The summed E-state index contributed by atoms with van der Waals surface area (Å²) in [5, 5.41) is 0. The van der Waals surface area contributed by atoms with E-state index in [9.17, 15) is 0 Å². The van der Waals surface area contributed by atoms with Gasteiger partial charge >= 0.3 is 0 Å². The Hall–Kier alpha value is 0.755. The Balaban J connectivity index is 1.90. The SMILES string of the molecule is [B]N1CCC2(CCC(I)CC2)CC1. The van der Waals surface area contributed by atoms with Crippen molar-refractivity contribution >= 4 is 30.6 Å². The molecule has 0 bridgehead atoms. The van der Waals surface area contributed by atoms with Crippen LogP contribution >= 0.6 is 22.6 Å². The molecule has 2 rings (SSSR count). The van der Waals surface area contributed by atoms with Gasteiger partial charge in [-0.3, -0.25) is 0 Å². The Morgan fingerprint density at radius 1 is 1.08 bits per heavy atom. The number of alkyl halides is 1. The van der Waals surface area contributed by atoms with Gasteiger partial charge in [0.25, 0.3) is 0 Å². The van der Waals surface area contributed by atoms with Crippen LogP contribution in [-0.2, 0) is 0 Å². The first-order valence-electron chi connectivity index (χ1n) is 5.34. The molecule has 0 N–H and O–H groups in total. The molecule has 1 aliphatic carbocycles. The van der Waals surface area contributed by atoms with Gasteiger partial charge in [-0.1, -0.05) is 22.6 Å². The smallest absolute Gasteiger partial charge is 0.182 e. The van der Waals surface area contributed by atoms with Gasteiger partial charge in [0.05, 0.1) is 0 Å². The van der Waals surface area contributed by atoms with Gasteiger partial charge in [0.15, 0.2) is 7.98 Å². The van der Waals surface area contributed by atoms with Crippen LogP contribution in [0.15, 0.2) is 0 Å². The topological polar surface area (TPSA) is 3.24 Å². The molecule has 72 valence electrons. The molecule has 0 atom stereocenters. The summed E-state index contributed by atoms with van der Waals surface area (Å²) in [6.45, 7) is 2.23. The van der Waals surface area contributed by atoms with Crippen LogP contribution in [0.4, 0.5) is 0 Å². The highest BCUT2D eigenvalue weighted by Gasteiger charge is 2.36. The lowest BCUT2D eigenvalue weighted by atomic mass is 9.68. The van der Waals surface area contributed by atoms with Crippen molar-refractivity contribution in [1.82, 2.24) is 4.81 Å². The average Bonchev–Trinajstić information content (AvgIpc) is 2.16. The largest absolute Gasteiger partial charge is 0.353 e. The van der Waals surface area contributed by atoms with E-state index in [1.165, 1.54) is 38.5 Å². The number of hydrogen-bond acceptors (Lipinski definition) is 1. The van der Waals surface area contributed by atoms with Gasteiger partial charge in [-0.15, -0.1) is 0 Å². The highest BCUT2D eigenvalue weighted by Crippen LogP contribution is 2.45. The number of nitrogens with zero attached hydrogens (tertiary/aromatic N) is 1. The molecule has 1 saturated carbocycles. The van der Waals surface area contributed by atoms with Crippen LogP contribution in [0.2, 0.25) is 0 Å². The van der Waals surface area contributed by atoms with Gasteiger partial charge in [0, 0.05) is 3.92 Å². The first-order chi connectivity index (χ1) is 6.20. The molecule has 0 aromatic rings. The van der Waals surface area contributed by atoms with Gasteiger partial charge < -0.3 is 4.81 Å². The lowest BCUT2D eigenvalue weighted by molar-refractivity contribution is 0.107. The monoisotopic (exact) mass is 289 g/mol. The Morgan fingerprint density at radius 3 is 2.15 bits per heavy atom. The first-order valence-corrected chi connectivity index (χ1v) is 6.59. The van der Waals surface area contributed by atoms with Gasteiger partial charge in [0.2, 0.25) is 0 Å². The van der Waals surface area contributed by atoms with Crippen molar-refractivity contribution < 1.29 is 0 Å². The molecule has 2 fully saturated rings. The standard InChI is InChI=1S/C10H17BIN/c11-13-7-5-10(6-8-13)3-1-9(12)2-4-10/h9H,1-8H2. The van der Waals surface area contributed by atoms with Gasteiger partial charge in [-0.2, -0.15) is 0 Å². The Kier molecular flexibility index (Phi) is 3.23. The molecular formula is C10H17BIN. The second kappa shape index (κ2) is 4.09. The number of halogens is 1. The van der Waals surface area contributed by atoms with E-state index in [2.05, 4.69) is 22.6 Å². The first kappa shape index (κ1) is 10.3. The van der Waals surface area contributed by atoms with E-state index in [0.717, 1.165) is 17.0 Å². The maximum Gasteiger partial charge on any atom is 0.182 e. The summed E-state index contributed by atoms with van der Waals surface area (Å²) >= 11 is 2.61. The van der Waals surface area contributed by atoms with E-state index in [0.29, 0.717) is 5.41 Å². The van der Waals surface area contributed by atoms with E-state index in [-0.39, 0.29) is 0 Å². The molecule has 2 radical (unpaired) electrons. The summed E-state index contributed by atoms with van der Waals surface area (Å²) < 4.78 is 0.944. The van der Waals surface area contributed by atoms with Crippen molar-refractivity contribution in [2.24, 2.45) is 5.41 Å². The van der Waals surface area contributed by atoms with E-state index in [4.69, 9.17) is 7.98 Å². The van der Waals surface area contributed by atoms with Gasteiger partial charge in [-0.25, -0.2) is 0 Å². The van der Waals surface area contributed by atoms with Crippen molar-refractivity contribution in [1.29, 1.82) is 0 Å². The molecule has 2 aliphatic rings. The lowest BCUT2D eigenvalue weighted by Crippen LogP contribution is -2.40. The summed E-state index contributed by atoms with van der Waals surface area (Å²) in [6.07, 6.45) is 8.46. The summed E-state index contributed by atoms with van der Waals surface area (Å²) in [6, 6.07) is 0. The maximum atomic E-state index is 5.78. The predicted octanol–water partition coefficient (Wildman–Crippen LogP) is 2.53. The van der Waals surface area contributed by atoms with Crippen molar-refractivity contribution in [2.45, 2.75) is 42.4 Å². The van der Waals surface area contributed by atoms with Gasteiger partial charge in [0.1, 0.15) is 0 Å². The molecule has 1 saturated heterocycles. The molecule has 1 heterocycles. The highest BCUT2D eigenvalue weighted by atomic mass is 127. The molecule has 3 heteroatoms. The van der Waals surface area contributed by atoms with E-state index < -0.39 is 0 Å². The Bertz CT molecular complexity index is 146. The Labute approximate surface area is 96.2 Å². The van der Waals surface area contributed by atoms with Crippen LogP contribution in [0.25, 0.3) is 0 Å². The minimum absolute atomic E-state index is 0.692. The lowest BCUT2D eigenvalue weighted by Gasteiger charge is -2.44. The van der Waals surface area contributed by atoms with Crippen molar-refractivity contribution in [3.05, 3.63) is 0 Å². The highest BCUT2D eigenvalue weighted by molar-refractivity contribution is 14.1. The zero-order chi connectivity index (χ0) is 9.31. The van der Waals surface area contributed by atoms with E-state index in [1.807, 2.05) is 4.81 Å². The fraction of sp³-hybridized carbons (Fsp3) is 1.00. The number of piperidine rings is 1. The van der Waals surface area contributed by atoms with Gasteiger partial charge in [-0.05, 0) is 57.0 Å². The minimum atomic E-state index is 0.692. The van der Waals surface area contributed by atoms with Crippen molar-refractivity contribution in [2.75, 3.05) is 13.1 Å². The zero-order valence-corrected chi connectivity index (χ0v) is 10.3. The predicted molar refractivity (Wildman–Crippen MR) is 65.3 cm³/mol. The summed E-state index contributed by atoms with van der Waals surface area (Å²) in [4.78, 5) is 1.99. The van der Waals surface area contributed by atoms with E-state index >= 15 is 0 Å². The zero-order valence-electron chi connectivity index (χ0n) is 8.14. The second-order valence-electron chi connectivity index (χ2n) is 4.71. The summed E-state index contributed by atoms with van der Waals surface area (Å²) in [5.41, 5.74) is 0.692. The molecule has 1 nitrogen and oxygen atoms in total. The maximum absolute atomic E-state index is 5.78. The average molecular weight is 289 g/mol. The molecule has 1 aliphatic heterocycles. The molecule has 0 amide bonds. The van der Waals surface area contributed by atoms with Crippen LogP contribution in [0.3, 0.4) is 0 Å². The molecule has 0 aromatic carbocycles. The summed E-state index contributed by atoms with van der Waals surface area (Å²) in [7, 11) is 5.78. The molecule has 0 aromatic heterocycles.